The first kappa shape index (κ1) is 16.3. The quantitative estimate of drug-likeness (QED) is 0.770. The second kappa shape index (κ2) is 6.63. The van der Waals surface area contributed by atoms with Crippen molar-refractivity contribution in [3.05, 3.63) is 59.8 Å². The Morgan fingerprint density at radius 2 is 2.00 bits per heavy atom. The van der Waals surface area contributed by atoms with Gasteiger partial charge in [0, 0.05) is 11.8 Å². The fourth-order valence-electron chi connectivity index (χ4n) is 3.12. The van der Waals surface area contributed by atoms with Crippen molar-refractivity contribution >= 4 is 28.6 Å². The van der Waals surface area contributed by atoms with E-state index in [9.17, 15) is 4.79 Å². The van der Waals surface area contributed by atoms with Gasteiger partial charge in [0.2, 0.25) is 5.95 Å². The summed E-state index contributed by atoms with van der Waals surface area (Å²) in [4.78, 5) is 22.3. The number of cyclic esters (lactones) is 1. The molecular formula is C20H20N4O2. The zero-order valence-corrected chi connectivity index (χ0v) is 14.8. The lowest BCUT2D eigenvalue weighted by atomic mass is 10.0. The minimum Gasteiger partial charge on any atom is -0.447 e. The summed E-state index contributed by atoms with van der Waals surface area (Å²) < 4.78 is 5.01. The molecule has 1 fully saturated rings. The first-order valence-corrected chi connectivity index (χ1v) is 8.65. The van der Waals surface area contributed by atoms with E-state index in [0.717, 1.165) is 11.1 Å². The Morgan fingerprint density at radius 1 is 1.19 bits per heavy atom. The van der Waals surface area contributed by atoms with Crippen LogP contribution in [0.25, 0.3) is 10.8 Å². The van der Waals surface area contributed by atoms with Crippen molar-refractivity contribution in [3.63, 3.8) is 0 Å². The molecule has 1 aliphatic rings. The normalized spacial score (nSPS) is 15.2. The first-order chi connectivity index (χ1) is 12.6. The van der Waals surface area contributed by atoms with Crippen LogP contribution >= 0.6 is 0 Å². The summed E-state index contributed by atoms with van der Waals surface area (Å²) in [6, 6.07) is 14.7. The van der Waals surface area contributed by atoms with Gasteiger partial charge >= 0.3 is 6.09 Å². The van der Waals surface area contributed by atoms with E-state index in [-0.39, 0.29) is 12.1 Å². The Hall–Kier alpha value is -3.15. The van der Waals surface area contributed by atoms with E-state index >= 15 is 0 Å². The molecule has 0 spiro atoms. The average Bonchev–Trinajstić information content (AvgIpc) is 3.08. The number of benzene rings is 2. The molecule has 132 valence electrons. The maximum atomic E-state index is 11.8. The molecule has 1 saturated heterocycles. The molecule has 0 radical (unpaired) electrons. The molecule has 1 aromatic heterocycles. The number of ether oxygens (including phenoxy) is 1. The Labute approximate surface area is 151 Å². The molecule has 4 rings (SSSR count). The summed E-state index contributed by atoms with van der Waals surface area (Å²) in [5.74, 6) is 1.08. The number of fused-ring (bicyclic) bond motifs is 1. The van der Waals surface area contributed by atoms with Crippen LogP contribution < -0.4 is 10.2 Å². The molecule has 6 heteroatoms. The molecule has 0 unspecified atom stereocenters. The van der Waals surface area contributed by atoms with Crippen molar-refractivity contribution in [1.82, 2.24) is 9.97 Å². The maximum absolute atomic E-state index is 11.8. The monoisotopic (exact) mass is 348 g/mol. The lowest BCUT2D eigenvalue weighted by Crippen LogP contribution is -2.26. The van der Waals surface area contributed by atoms with Crippen LogP contribution in [0.15, 0.2) is 48.7 Å². The van der Waals surface area contributed by atoms with Crippen molar-refractivity contribution in [3.8, 4) is 0 Å². The third kappa shape index (κ3) is 3.06. The number of nitrogens with zero attached hydrogens (tertiary/aromatic N) is 3. The Kier molecular flexibility index (Phi) is 4.16. The van der Waals surface area contributed by atoms with Gasteiger partial charge in [0.15, 0.2) is 0 Å². The number of amides is 1. The van der Waals surface area contributed by atoms with E-state index in [0.29, 0.717) is 24.9 Å². The van der Waals surface area contributed by atoms with Gasteiger partial charge in [-0.3, -0.25) is 4.90 Å². The molecule has 2 aromatic carbocycles. The van der Waals surface area contributed by atoms with Crippen LogP contribution in [0.4, 0.5) is 16.6 Å². The highest BCUT2D eigenvalue weighted by atomic mass is 16.6. The number of nitrogens with one attached hydrogen (secondary N) is 1. The molecule has 1 amide bonds. The summed E-state index contributed by atoms with van der Waals surface area (Å²) in [7, 11) is 0. The number of aromatic nitrogens is 2. The zero-order chi connectivity index (χ0) is 18.1. The zero-order valence-electron chi connectivity index (χ0n) is 14.8. The highest BCUT2D eigenvalue weighted by molar-refractivity contribution is 5.89. The molecular weight excluding hydrogens is 328 g/mol. The van der Waals surface area contributed by atoms with Gasteiger partial charge in [0.1, 0.15) is 12.4 Å². The highest BCUT2D eigenvalue weighted by Crippen LogP contribution is 2.25. The number of hydrogen-bond donors (Lipinski definition) is 1. The summed E-state index contributed by atoms with van der Waals surface area (Å²) in [6.45, 7) is 4.85. The average molecular weight is 348 g/mol. The Balaban J connectivity index is 1.58. The number of anilines is 2. The lowest BCUT2D eigenvalue weighted by Gasteiger charge is -2.18. The number of rotatable bonds is 4. The van der Waals surface area contributed by atoms with Crippen molar-refractivity contribution in [2.45, 2.75) is 19.9 Å². The second-order valence-electron chi connectivity index (χ2n) is 6.44. The molecule has 0 bridgehead atoms. The van der Waals surface area contributed by atoms with Crippen molar-refractivity contribution in [2.75, 3.05) is 23.4 Å². The number of hydrogen-bond acceptors (Lipinski definition) is 5. The molecule has 0 saturated carbocycles. The Morgan fingerprint density at radius 3 is 2.77 bits per heavy atom. The van der Waals surface area contributed by atoms with Crippen molar-refractivity contribution in [1.29, 1.82) is 0 Å². The van der Waals surface area contributed by atoms with Crippen LogP contribution in [0.5, 0.6) is 0 Å². The molecule has 1 atom stereocenters. The largest absolute Gasteiger partial charge is 0.447 e. The predicted octanol–water partition coefficient (Wildman–Crippen LogP) is 4.07. The minimum atomic E-state index is -0.361. The topological polar surface area (TPSA) is 67.3 Å². The van der Waals surface area contributed by atoms with Gasteiger partial charge in [-0.1, -0.05) is 36.4 Å². The van der Waals surface area contributed by atoms with Crippen LogP contribution in [-0.2, 0) is 4.74 Å². The third-order valence-electron chi connectivity index (χ3n) is 4.58. The van der Waals surface area contributed by atoms with E-state index in [4.69, 9.17) is 4.74 Å². The second-order valence-corrected chi connectivity index (χ2v) is 6.44. The van der Waals surface area contributed by atoms with E-state index in [1.54, 1.807) is 11.1 Å². The van der Waals surface area contributed by atoms with Gasteiger partial charge in [0.25, 0.3) is 0 Å². The van der Waals surface area contributed by atoms with Gasteiger partial charge in [-0.05, 0) is 36.2 Å². The van der Waals surface area contributed by atoms with Gasteiger partial charge in [0.05, 0.1) is 12.6 Å². The van der Waals surface area contributed by atoms with E-state index in [2.05, 4.69) is 52.5 Å². The summed E-state index contributed by atoms with van der Waals surface area (Å²) in [5, 5.41) is 5.74. The van der Waals surface area contributed by atoms with Gasteiger partial charge in [-0.25, -0.2) is 9.78 Å². The lowest BCUT2D eigenvalue weighted by molar-refractivity contribution is 0.181. The molecule has 1 N–H and O–H groups in total. The summed E-state index contributed by atoms with van der Waals surface area (Å²) in [5.41, 5.74) is 1.99. The highest BCUT2D eigenvalue weighted by Gasteiger charge is 2.26. The van der Waals surface area contributed by atoms with Gasteiger partial charge in [-0.15, -0.1) is 0 Å². The number of aryl methyl sites for hydroxylation is 1. The molecule has 0 aliphatic carbocycles. The number of carbonyl (C=O) groups excluding carboxylic acids is 1. The summed E-state index contributed by atoms with van der Waals surface area (Å²) in [6.07, 6.45) is 1.36. The maximum Gasteiger partial charge on any atom is 0.415 e. The summed E-state index contributed by atoms with van der Waals surface area (Å²) >= 11 is 0. The standard InChI is InChI=1S/C20H20N4O2/c1-13-12-21-19(23-18(13)24-9-10-26-20(24)25)22-14(2)16-8-7-15-5-3-4-6-17(15)11-16/h3-8,11-12,14H,9-10H2,1-2H3,(H,21,22,23)/t14-/m0/s1. The number of carbonyl (C=O) groups is 1. The van der Waals surface area contributed by atoms with E-state index < -0.39 is 0 Å². The molecule has 6 nitrogen and oxygen atoms in total. The van der Waals surface area contributed by atoms with Crippen LogP contribution in [-0.4, -0.2) is 29.2 Å². The van der Waals surface area contributed by atoms with Crippen LogP contribution in [0.1, 0.15) is 24.1 Å². The smallest absolute Gasteiger partial charge is 0.415 e. The fraction of sp³-hybridized carbons (Fsp3) is 0.250. The van der Waals surface area contributed by atoms with E-state index in [1.807, 2.05) is 19.1 Å². The van der Waals surface area contributed by atoms with Crippen LogP contribution in [0.2, 0.25) is 0 Å². The van der Waals surface area contributed by atoms with Gasteiger partial charge in [-0.2, -0.15) is 4.98 Å². The van der Waals surface area contributed by atoms with Crippen LogP contribution in [0, 0.1) is 6.92 Å². The predicted molar refractivity (Wildman–Crippen MR) is 101 cm³/mol. The Bertz CT molecular complexity index is 973. The third-order valence-corrected chi connectivity index (χ3v) is 4.58. The molecule has 3 aromatic rings. The molecule has 1 aliphatic heterocycles. The van der Waals surface area contributed by atoms with E-state index in [1.165, 1.54) is 10.8 Å². The first-order valence-electron chi connectivity index (χ1n) is 8.65. The van der Waals surface area contributed by atoms with Crippen molar-refractivity contribution in [2.24, 2.45) is 0 Å². The van der Waals surface area contributed by atoms with Crippen LogP contribution in [0.3, 0.4) is 0 Å². The molecule has 2 heterocycles. The molecule has 26 heavy (non-hydrogen) atoms. The minimum absolute atomic E-state index is 0.0284. The van der Waals surface area contributed by atoms with Crippen molar-refractivity contribution < 1.29 is 9.53 Å². The fourth-order valence-corrected chi connectivity index (χ4v) is 3.12. The van der Waals surface area contributed by atoms with Gasteiger partial charge < -0.3 is 10.1 Å². The SMILES string of the molecule is Cc1cnc(N[C@@H](C)c2ccc3ccccc3c2)nc1N1CCOC1=O.